The summed E-state index contributed by atoms with van der Waals surface area (Å²) in [5, 5.41) is 10.3. The van der Waals surface area contributed by atoms with E-state index >= 15 is 0 Å². The number of aromatic nitrogens is 4. The van der Waals surface area contributed by atoms with Crippen LogP contribution in [0, 0.1) is 6.92 Å². The molecule has 1 aliphatic heterocycles. The fraction of sp³-hybridized carbons (Fsp3) is 0.353. The number of rotatable bonds is 5. The average molecular weight is 440 g/mol. The van der Waals surface area contributed by atoms with Crippen molar-refractivity contribution in [3.8, 4) is 0 Å². The highest BCUT2D eigenvalue weighted by atomic mass is 35.5. The molecule has 12 heteroatoms. The van der Waals surface area contributed by atoms with E-state index in [1.165, 1.54) is 18.5 Å². The van der Waals surface area contributed by atoms with Crippen LogP contribution in [0.3, 0.4) is 0 Å². The van der Waals surface area contributed by atoms with E-state index in [-0.39, 0.29) is 29.0 Å². The van der Waals surface area contributed by atoms with E-state index in [9.17, 15) is 13.5 Å². The van der Waals surface area contributed by atoms with E-state index in [4.69, 9.17) is 26.3 Å². The third-order valence-corrected chi connectivity index (χ3v) is 6.10. The third kappa shape index (κ3) is 3.91. The van der Waals surface area contributed by atoms with E-state index in [0.717, 1.165) is 5.56 Å². The summed E-state index contributed by atoms with van der Waals surface area (Å²) < 4.78 is 37.2. The van der Waals surface area contributed by atoms with Crippen LogP contribution in [0.15, 0.2) is 35.5 Å². The maximum absolute atomic E-state index is 12.3. The Hall–Kier alpha value is -2.31. The molecule has 1 fully saturated rings. The van der Waals surface area contributed by atoms with Gasteiger partial charge in [-0.15, -0.1) is 0 Å². The van der Waals surface area contributed by atoms with Crippen molar-refractivity contribution >= 4 is 38.7 Å². The number of benzene rings is 1. The summed E-state index contributed by atoms with van der Waals surface area (Å²) in [5.41, 5.74) is 7.44. The molecule has 1 saturated heterocycles. The van der Waals surface area contributed by atoms with Crippen LogP contribution in [0.25, 0.3) is 11.2 Å². The first-order valence-corrected chi connectivity index (χ1v) is 10.5. The summed E-state index contributed by atoms with van der Waals surface area (Å²) in [7, 11) is -3.97. The van der Waals surface area contributed by atoms with Gasteiger partial charge in [0.1, 0.15) is 17.8 Å². The van der Waals surface area contributed by atoms with Crippen molar-refractivity contribution in [3.05, 3.63) is 41.4 Å². The van der Waals surface area contributed by atoms with Crippen LogP contribution in [0.1, 0.15) is 18.2 Å². The van der Waals surface area contributed by atoms with Gasteiger partial charge in [0.05, 0.1) is 23.9 Å². The molecule has 3 N–H and O–H groups in total. The van der Waals surface area contributed by atoms with Gasteiger partial charge in [-0.25, -0.2) is 4.98 Å². The van der Waals surface area contributed by atoms with Crippen molar-refractivity contribution in [2.75, 3.05) is 12.3 Å². The lowest BCUT2D eigenvalue weighted by molar-refractivity contribution is -0.0371. The monoisotopic (exact) mass is 439 g/mol. The van der Waals surface area contributed by atoms with Crippen LogP contribution in [0.4, 0.5) is 5.82 Å². The molecule has 0 saturated carbocycles. The SMILES string of the molecule is Cc1ccc(S(=O)(=O)OC[C@H]2O[C@@H](n3cnc4c(N)nc(Cl)nc43)C[C@@H]2O)cc1. The van der Waals surface area contributed by atoms with Crippen molar-refractivity contribution in [2.24, 2.45) is 0 Å². The van der Waals surface area contributed by atoms with Gasteiger partial charge in [0, 0.05) is 6.42 Å². The Kier molecular flexibility index (Phi) is 5.17. The Morgan fingerprint density at radius 1 is 1.34 bits per heavy atom. The number of aliphatic hydroxyl groups excluding tert-OH is 1. The molecular formula is C17H18ClN5O5S. The number of aryl methyl sites for hydroxylation is 1. The number of halogens is 1. The van der Waals surface area contributed by atoms with Gasteiger partial charge in [0.25, 0.3) is 10.1 Å². The van der Waals surface area contributed by atoms with Crippen LogP contribution in [-0.2, 0) is 19.0 Å². The maximum atomic E-state index is 12.3. The summed E-state index contributed by atoms with van der Waals surface area (Å²) in [6.07, 6.45) is -0.801. The predicted octanol–water partition coefficient (Wildman–Crippen LogP) is 1.42. The molecule has 1 aromatic carbocycles. The quantitative estimate of drug-likeness (QED) is 0.445. The Labute approximate surface area is 171 Å². The molecule has 0 bridgehead atoms. The lowest BCUT2D eigenvalue weighted by atomic mass is 10.2. The molecule has 3 atom stereocenters. The van der Waals surface area contributed by atoms with Crippen LogP contribution in [0.5, 0.6) is 0 Å². The van der Waals surface area contributed by atoms with Gasteiger partial charge in [-0.3, -0.25) is 8.75 Å². The fourth-order valence-corrected chi connectivity index (χ4v) is 4.18. The Morgan fingerprint density at radius 3 is 2.79 bits per heavy atom. The first-order chi connectivity index (χ1) is 13.7. The number of ether oxygens (including phenoxy) is 1. The molecule has 0 aliphatic carbocycles. The highest BCUT2D eigenvalue weighted by Crippen LogP contribution is 2.32. The molecule has 0 unspecified atom stereocenters. The zero-order valence-corrected chi connectivity index (χ0v) is 16.8. The second kappa shape index (κ2) is 7.50. The van der Waals surface area contributed by atoms with Crippen molar-refractivity contribution in [3.63, 3.8) is 0 Å². The van der Waals surface area contributed by atoms with Gasteiger partial charge < -0.3 is 15.6 Å². The lowest BCUT2D eigenvalue weighted by Crippen LogP contribution is -2.28. The van der Waals surface area contributed by atoms with Crippen LogP contribution in [0.2, 0.25) is 5.28 Å². The minimum atomic E-state index is -3.97. The normalized spacial score (nSPS) is 22.4. The number of aliphatic hydroxyl groups is 1. The van der Waals surface area contributed by atoms with Crippen molar-refractivity contribution < 1.29 is 22.4 Å². The van der Waals surface area contributed by atoms with Crippen molar-refractivity contribution in [1.82, 2.24) is 19.5 Å². The number of nitrogens with two attached hydrogens (primary N) is 1. The van der Waals surface area contributed by atoms with E-state index < -0.39 is 28.6 Å². The van der Waals surface area contributed by atoms with Crippen molar-refractivity contribution in [2.45, 2.75) is 36.7 Å². The number of anilines is 1. The van der Waals surface area contributed by atoms with E-state index in [1.807, 2.05) is 6.92 Å². The number of hydrogen-bond donors (Lipinski definition) is 2. The number of imidazole rings is 1. The molecule has 0 spiro atoms. The summed E-state index contributed by atoms with van der Waals surface area (Å²) in [4.78, 5) is 12.1. The summed E-state index contributed by atoms with van der Waals surface area (Å²) >= 11 is 5.86. The van der Waals surface area contributed by atoms with Crippen LogP contribution < -0.4 is 5.73 Å². The van der Waals surface area contributed by atoms with Gasteiger partial charge in [-0.1, -0.05) is 17.7 Å². The van der Waals surface area contributed by atoms with Crippen molar-refractivity contribution in [1.29, 1.82) is 0 Å². The molecule has 10 nitrogen and oxygen atoms in total. The summed E-state index contributed by atoms with van der Waals surface area (Å²) in [6.45, 7) is 1.52. The minimum absolute atomic E-state index is 0.0366. The Bertz CT molecular complexity index is 1150. The van der Waals surface area contributed by atoms with E-state index in [0.29, 0.717) is 11.2 Å². The Balaban J connectivity index is 1.49. The standard InChI is InChI=1S/C17H18ClN5O5S/c1-9-2-4-10(5-3-9)29(25,26)27-7-12-11(24)6-13(28-12)23-8-20-14-15(19)21-17(18)22-16(14)23/h2-5,8,11-13,24H,6-7H2,1H3,(H2,19,21,22)/t11-,12+,13+/m0/s1. The van der Waals surface area contributed by atoms with Gasteiger partial charge >= 0.3 is 0 Å². The molecule has 1 aliphatic rings. The fourth-order valence-electron chi connectivity index (χ4n) is 3.09. The first kappa shape index (κ1) is 20.0. The van der Waals surface area contributed by atoms with E-state index in [2.05, 4.69) is 15.0 Å². The number of nitrogen functional groups attached to an aromatic ring is 1. The molecule has 2 aromatic heterocycles. The van der Waals surface area contributed by atoms with Gasteiger partial charge in [0.15, 0.2) is 11.5 Å². The third-order valence-electron chi connectivity index (χ3n) is 4.63. The lowest BCUT2D eigenvalue weighted by Gasteiger charge is -2.16. The van der Waals surface area contributed by atoms with Gasteiger partial charge in [0.2, 0.25) is 5.28 Å². The van der Waals surface area contributed by atoms with Gasteiger partial charge in [-0.2, -0.15) is 18.4 Å². The minimum Gasteiger partial charge on any atom is -0.390 e. The summed E-state index contributed by atoms with van der Waals surface area (Å²) in [5.74, 6) is 0.126. The molecular weight excluding hydrogens is 422 g/mol. The molecule has 4 rings (SSSR count). The number of nitrogens with zero attached hydrogens (tertiary/aromatic N) is 4. The second-order valence-corrected chi connectivity index (χ2v) is 8.64. The zero-order valence-electron chi connectivity index (χ0n) is 15.3. The topological polar surface area (TPSA) is 142 Å². The first-order valence-electron chi connectivity index (χ1n) is 8.70. The molecule has 154 valence electrons. The smallest absolute Gasteiger partial charge is 0.297 e. The molecule has 3 heterocycles. The largest absolute Gasteiger partial charge is 0.390 e. The number of hydrogen-bond acceptors (Lipinski definition) is 9. The summed E-state index contributed by atoms with van der Waals surface area (Å²) in [6, 6.07) is 6.28. The van der Waals surface area contributed by atoms with Crippen LogP contribution in [-0.4, -0.2) is 51.9 Å². The highest BCUT2D eigenvalue weighted by molar-refractivity contribution is 7.86. The van der Waals surface area contributed by atoms with Gasteiger partial charge in [-0.05, 0) is 30.7 Å². The predicted molar refractivity (Wildman–Crippen MR) is 104 cm³/mol. The van der Waals surface area contributed by atoms with E-state index in [1.54, 1.807) is 16.7 Å². The maximum Gasteiger partial charge on any atom is 0.297 e. The van der Waals surface area contributed by atoms with Crippen LogP contribution >= 0.6 is 11.6 Å². The Morgan fingerprint density at radius 2 is 2.07 bits per heavy atom. The highest BCUT2D eigenvalue weighted by Gasteiger charge is 2.37. The number of fused-ring (bicyclic) bond motifs is 1. The molecule has 0 radical (unpaired) electrons. The molecule has 29 heavy (non-hydrogen) atoms. The molecule has 0 amide bonds. The zero-order chi connectivity index (χ0) is 20.8. The molecule has 3 aromatic rings. The average Bonchev–Trinajstić information content (AvgIpc) is 3.24. The second-order valence-electron chi connectivity index (χ2n) is 6.69.